The number of aryl methyl sites for hydroxylation is 1. The van der Waals surface area contributed by atoms with Gasteiger partial charge in [-0.15, -0.1) is 0 Å². The molecule has 2 fully saturated rings. The zero-order valence-corrected chi connectivity index (χ0v) is 15.4. The Bertz CT molecular complexity index is 771. The minimum atomic E-state index is -3.46. The monoisotopic (exact) mass is 380 g/mol. The van der Waals surface area contributed by atoms with Gasteiger partial charge in [-0.1, -0.05) is 12.1 Å². The van der Waals surface area contributed by atoms with Gasteiger partial charge in [0.15, 0.2) is 0 Å². The molecule has 1 unspecified atom stereocenters. The Balaban J connectivity index is 1.53. The second-order valence-corrected chi connectivity index (χ2v) is 8.77. The first-order chi connectivity index (χ1) is 12.3. The van der Waals surface area contributed by atoms with Crippen molar-refractivity contribution in [2.75, 3.05) is 13.1 Å². The number of rotatable bonds is 7. The predicted octanol–water partition coefficient (Wildman–Crippen LogP) is 1.38. The van der Waals surface area contributed by atoms with Crippen LogP contribution in [0.5, 0.6) is 0 Å². The number of likely N-dealkylation sites (tertiary alicyclic amines) is 1. The van der Waals surface area contributed by atoms with Gasteiger partial charge in [-0.25, -0.2) is 13.1 Å². The highest BCUT2D eigenvalue weighted by atomic mass is 32.2. The topological polar surface area (TPSA) is 104 Å². The number of sulfonamides is 1. The van der Waals surface area contributed by atoms with Crippen molar-refractivity contribution in [1.29, 1.82) is 0 Å². The fourth-order valence-corrected chi connectivity index (χ4v) is 4.44. The highest BCUT2D eigenvalue weighted by Gasteiger charge is 2.29. The molecule has 1 aliphatic heterocycles. The number of nitrogens with one attached hydrogen (secondary N) is 1. The number of carboxylic acid groups (broad SMARTS) is 1. The number of carbonyl (C=O) groups excluding carboxylic acids is 1. The number of piperidine rings is 1. The minimum Gasteiger partial charge on any atom is -0.481 e. The number of nitrogens with zero attached hydrogens (tertiary/aromatic N) is 1. The van der Waals surface area contributed by atoms with Gasteiger partial charge in [0.1, 0.15) is 0 Å². The largest absolute Gasteiger partial charge is 0.481 e. The van der Waals surface area contributed by atoms with Crippen molar-refractivity contribution in [3.63, 3.8) is 0 Å². The molecule has 142 valence electrons. The van der Waals surface area contributed by atoms with Crippen LogP contribution < -0.4 is 4.72 Å². The molecule has 3 rings (SSSR count). The Kier molecular flexibility index (Phi) is 5.62. The molecule has 0 radical (unpaired) electrons. The van der Waals surface area contributed by atoms with E-state index in [1.807, 2.05) is 0 Å². The Morgan fingerprint density at radius 2 is 1.85 bits per heavy atom. The number of benzene rings is 1. The van der Waals surface area contributed by atoms with Gasteiger partial charge in [0.2, 0.25) is 15.9 Å². The lowest BCUT2D eigenvalue weighted by Gasteiger charge is -2.30. The Morgan fingerprint density at radius 1 is 1.15 bits per heavy atom. The van der Waals surface area contributed by atoms with E-state index in [9.17, 15) is 18.0 Å². The third-order valence-electron chi connectivity index (χ3n) is 4.88. The molecule has 1 amide bonds. The molecule has 1 saturated heterocycles. The zero-order chi connectivity index (χ0) is 18.7. The minimum absolute atomic E-state index is 0.0527. The summed E-state index contributed by atoms with van der Waals surface area (Å²) < 4.78 is 26.9. The van der Waals surface area contributed by atoms with Crippen LogP contribution in [0.15, 0.2) is 29.2 Å². The van der Waals surface area contributed by atoms with E-state index in [-0.39, 0.29) is 23.4 Å². The van der Waals surface area contributed by atoms with E-state index in [4.69, 9.17) is 5.11 Å². The Labute approximate surface area is 153 Å². The van der Waals surface area contributed by atoms with E-state index in [0.29, 0.717) is 32.2 Å². The summed E-state index contributed by atoms with van der Waals surface area (Å²) in [6.45, 7) is 0.880. The predicted molar refractivity (Wildman–Crippen MR) is 95.0 cm³/mol. The molecule has 1 heterocycles. The maximum Gasteiger partial charge on any atom is 0.308 e. The average molecular weight is 380 g/mol. The first-order valence-corrected chi connectivity index (χ1v) is 10.5. The maximum atomic E-state index is 12.3. The van der Waals surface area contributed by atoms with Crippen molar-refractivity contribution in [3.05, 3.63) is 29.8 Å². The third-order valence-corrected chi connectivity index (χ3v) is 6.42. The smallest absolute Gasteiger partial charge is 0.308 e. The van der Waals surface area contributed by atoms with E-state index < -0.39 is 21.9 Å². The Hall–Kier alpha value is -1.93. The number of hydrogen-bond donors (Lipinski definition) is 2. The number of amides is 1. The molecule has 0 bridgehead atoms. The summed E-state index contributed by atoms with van der Waals surface area (Å²) in [5.41, 5.74) is 0.885. The number of carboxylic acids is 1. The lowest BCUT2D eigenvalue weighted by Crippen LogP contribution is -2.42. The average Bonchev–Trinajstić information content (AvgIpc) is 3.43. The zero-order valence-electron chi connectivity index (χ0n) is 14.6. The molecule has 26 heavy (non-hydrogen) atoms. The standard InChI is InChI=1S/C18H24N2O5S/c21-17(20-11-1-2-14(12-20)18(22)23)10-5-13-3-8-16(9-4-13)26(24,25)19-15-6-7-15/h3-4,8-9,14-15,19H,1-2,5-7,10-12H2,(H,22,23). The van der Waals surface area contributed by atoms with Gasteiger partial charge in [-0.05, 0) is 49.8 Å². The van der Waals surface area contributed by atoms with E-state index in [0.717, 1.165) is 18.4 Å². The second kappa shape index (κ2) is 7.75. The fraction of sp³-hybridized carbons (Fsp3) is 0.556. The van der Waals surface area contributed by atoms with Crippen LogP contribution in [-0.2, 0) is 26.0 Å². The highest BCUT2D eigenvalue weighted by Crippen LogP contribution is 2.22. The van der Waals surface area contributed by atoms with Crippen LogP contribution in [0.25, 0.3) is 0 Å². The molecule has 1 saturated carbocycles. The summed E-state index contributed by atoms with van der Waals surface area (Å²) >= 11 is 0. The maximum absolute atomic E-state index is 12.3. The summed E-state index contributed by atoms with van der Waals surface area (Å²) in [5.74, 6) is -1.38. The molecule has 8 heteroatoms. The van der Waals surface area contributed by atoms with Crippen molar-refractivity contribution in [2.45, 2.75) is 49.5 Å². The van der Waals surface area contributed by atoms with Gasteiger partial charge in [-0.2, -0.15) is 0 Å². The fourth-order valence-electron chi connectivity index (χ4n) is 3.14. The Morgan fingerprint density at radius 3 is 2.46 bits per heavy atom. The molecule has 2 N–H and O–H groups in total. The summed E-state index contributed by atoms with van der Waals surface area (Å²) in [5, 5.41) is 9.10. The number of carbonyl (C=O) groups is 2. The quantitative estimate of drug-likeness (QED) is 0.744. The molecule has 0 aromatic heterocycles. The van der Waals surface area contributed by atoms with Crippen LogP contribution in [0.2, 0.25) is 0 Å². The molecule has 0 spiro atoms. The van der Waals surface area contributed by atoms with E-state index >= 15 is 0 Å². The summed E-state index contributed by atoms with van der Waals surface area (Å²) in [4.78, 5) is 25.3. The van der Waals surface area contributed by atoms with Gasteiger partial charge in [0.05, 0.1) is 10.8 Å². The van der Waals surface area contributed by atoms with Crippen molar-refractivity contribution in [1.82, 2.24) is 9.62 Å². The van der Waals surface area contributed by atoms with Crippen LogP contribution in [0.4, 0.5) is 0 Å². The molecule has 1 aliphatic carbocycles. The SMILES string of the molecule is O=C(O)C1CCCN(C(=O)CCc2ccc(S(=O)(=O)NC3CC3)cc2)C1. The molecule has 1 aromatic carbocycles. The van der Waals surface area contributed by atoms with Crippen LogP contribution >= 0.6 is 0 Å². The van der Waals surface area contributed by atoms with Gasteiger partial charge >= 0.3 is 5.97 Å². The van der Waals surface area contributed by atoms with Crippen molar-refractivity contribution >= 4 is 21.9 Å². The van der Waals surface area contributed by atoms with Crippen molar-refractivity contribution in [3.8, 4) is 0 Å². The van der Waals surface area contributed by atoms with E-state index in [1.165, 1.54) is 0 Å². The molecule has 7 nitrogen and oxygen atoms in total. The lowest BCUT2D eigenvalue weighted by atomic mass is 9.97. The first kappa shape index (κ1) is 18.8. The molecule has 2 aliphatic rings. The molecular formula is C18H24N2O5S. The van der Waals surface area contributed by atoms with Crippen LogP contribution in [0, 0.1) is 5.92 Å². The van der Waals surface area contributed by atoms with Gasteiger partial charge in [0.25, 0.3) is 0 Å². The molecule has 1 atom stereocenters. The van der Waals surface area contributed by atoms with Crippen LogP contribution in [0.3, 0.4) is 0 Å². The molecular weight excluding hydrogens is 356 g/mol. The number of aliphatic carboxylic acids is 1. The second-order valence-electron chi connectivity index (χ2n) is 7.06. The normalized spacial score (nSPS) is 20.8. The lowest BCUT2D eigenvalue weighted by molar-refractivity contribution is -0.145. The van der Waals surface area contributed by atoms with Crippen molar-refractivity contribution < 1.29 is 23.1 Å². The third kappa shape index (κ3) is 4.82. The van der Waals surface area contributed by atoms with Gasteiger partial charge in [-0.3, -0.25) is 9.59 Å². The molecule has 1 aromatic rings. The van der Waals surface area contributed by atoms with Gasteiger partial charge in [0, 0.05) is 25.6 Å². The van der Waals surface area contributed by atoms with E-state index in [1.54, 1.807) is 29.2 Å². The van der Waals surface area contributed by atoms with E-state index in [2.05, 4.69) is 4.72 Å². The number of hydrogen-bond acceptors (Lipinski definition) is 4. The summed E-state index contributed by atoms with van der Waals surface area (Å²) in [6.07, 6.45) is 3.90. The van der Waals surface area contributed by atoms with Crippen molar-refractivity contribution in [2.24, 2.45) is 5.92 Å². The summed E-state index contributed by atoms with van der Waals surface area (Å²) in [6, 6.07) is 6.64. The highest BCUT2D eigenvalue weighted by molar-refractivity contribution is 7.89. The van der Waals surface area contributed by atoms with Crippen LogP contribution in [0.1, 0.15) is 37.7 Å². The van der Waals surface area contributed by atoms with Gasteiger partial charge < -0.3 is 10.0 Å². The summed E-state index contributed by atoms with van der Waals surface area (Å²) in [7, 11) is -3.46. The van der Waals surface area contributed by atoms with Crippen LogP contribution in [-0.4, -0.2) is 49.4 Å². The first-order valence-electron chi connectivity index (χ1n) is 8.97.